The minimum Gasteiger partial charge on any atom is -0.394 e. The van der Waals surface area contributed by atoms with Gasteiger partial charge in [0.15, 0.2) is 0 Å². The van der Waals surface area contributed by atoms with Gasteiger partial charge in [-0.15, -0.1) is 0 Å². The predicted octanol–water partition coefficient (Wildman–Crippen LogP) is 0.426. The molecule has 0 aliphatic carbocycles. The van der Waals surface area contributed by atoms with Crippen LogP contribution in [0.1, 0.15) is 28.4 Å². The quantitative estimate of drug-likeness (QED) is 0.805. The highest BCUT2D eigenvalue weighted by molar-refractivity contribution is 5.91. The van der Waals surface area contributed by atoms with E-state index in [1.54, 1.807) is 17.3 Å². The number of aliphatic hydroxyl groups excluding tert-OH is 1. The molecule has 0 unspecified atom stereocenters. The standard InChI is InChI=1S/C14H18N4O4/c19-6-7-21-9-11-12-8-17(4-1-5-18(12)10-15-11)14(20)13-2-3-16-22-13/h2-3,10,19H,1,4-9H2. The number of hydrogen-bond acceptors (Lipinski definition) is 6. The van der Waals surface area contributed by atoms with Crippen LogP contribution in [-0.4, -0.2) is 50.4 Å². The first-order chi connectivity index (χ1) is 10.8. The van der Waals surface area contributed by atoms with E-state index in [0.29, 0.717) is 19.7 Å². The second-order valence-electron chi connectivity index (χ2n) is 5.06. The van der Waals surface area contributed by atoms with E-state index >= 15 is 0 Å². The fourth-order valence-electron chi connectivity index (χ4n) is 2.53. The molecule has 0 saturated carbocycles. The van der Waals surface area contributed by atoms with Crippen LogP contribution in [-0.2, 0) is 24.4 Å². The van der Waals surface area contributed by atoms with Crippen molar-refractivity contribution in [3.05, 3.63) is 35.7 Å². The Balaban J connectivity index is 1.76. The van der Waals surface area contributed by atoms with Crippen LogP contribution in [0, 0.1) is 0 Å². The molecule has 2 aromatic heterocycles. The third-order valence-corrected chi connectivity index (χ3v) is 3.61. The van der Waals surface area contributed by atoms with E-state index in [2.05, 4.69) is 10.1 Å². The molecule has 22 heavy (non-hydrogen) atoms. The molecule has 1 aliphatic heterocycles. The highest BCUT2D eigenvalue weighted by Crippen LogP contribution is 2.18. The fraction of sp³-hybridized carbons (Fsp3) is 0.500. The second kappa shape index (κ2) is 6.71. The SMILES string of the molecule is O=C(c1ccno1)N1CCCn2cnc(COCCO)c2C1. The maximum Gasteiger partial charge on any atom is 0.292 e. The maximum absolute atomic E-state index is 12.4. The van der Waals surface area contributed by atoms with Crippen molar-refractivity contribution in [2.75, 3.05) is 19.8 Å². The molecule has 1 aliphatic rings. The molecule has 0 fully saturated rings. The Morgan fingerprint density at radius 3 is 3.14 bits per heavy atom. The van der Waals surface area contributed by atoms with Crippen molar-refractivity contribution in [1.82, 2.24) is 19.6 Å². The van der Waals surface area contributed by atoms with Gasteiger partial charge < -0.3 is 23.8 Å². The van der Waals surface area contributed by atoms with Gasteiger partial charge in [-0.25, -0.2) is 4.98 Å². The molecule has 0 aromatic carbocycles. The van der Waals surface area contributed by atoms with Gasteiger partial charge in [0, 0.05) is 19.2 Å². The third-order valence-electron chi connectivity index (χ3n) is 3.61. The van der Waals surface area contributed by atoms with Crippen molar-refractivity contribution in [3.63, 3.8) is 0 Å². The molecule has 2 aromatic rings. The van der Waals surface area contributed by atoms with Crippen LogP contribution in [0.5, 0.6) is 0 Å². The summed E-state index contributed by atoms with van der Waals surface area (Å²) in [5, 5.41) is 12.4. The Morgan fingerprint density at radius 2 is 2.36 bits per heavy atom. The van der Waals surface area contributed by atoms with E-state index < -0.39 is 0 Å². The molecule has 3 rings (SSSR count). The highest BCUT2D eigenvalue weighted by atomic mass is 16.5. The Hall–Kier alpha value is -2.19. The minimum atomic E-state index is -0.172. The fourth-order valence-corrected chi connectivity index (χ4v) is 2.53. The molecule has 0 bridgehead atoms. The van der Waals surface area contributed by atoms with Gasteiger partial charge in [-0.05, 0) is 6.42 Å². The van der Waals surface area contributed by atoms with Gasteiger partial charge in [0.1, 0.15) is 0 Å². The van der Waals surface area contributed by atoms with Gasteiger partial charge >= 0.3 is 0 Å². The lowest BCUT2D eigenvalue weighted by atomic mass is 10.3. The van der Waals surface area contributed by atoms with E-state index in [1.807, 2.05) is 4.57 Å². The van der Waals surface area contributed by atoms with Crippen molar-refractivity contribution >= 4 is 5.91 Å². The first-order valence-electron chi connectivity index (χ1n) is 7.21. The highest BCUT2D eigenvalue weighted by Gasteiger charge is 2.24. The second-order valence-corrected chi connectivity index (χ2v) is 5.06. The number of nitrogens with zero attached hydrogens (tertiary/aromatic N) is 4. The number of amides is 1. The zero-order valence-corrected chi connectivity index (χ0v) is 12.1. The largest absolute Gasteiger partial charge is 0.394 e. The van der Waals surface area contributed by atoms with Crippen LogP contribution in [0.2, 0.25) is 0 Å². The van der Waals surface area contributed by atoms with Crippen molar-refractivity contribution in [1.29, 1.82) is 0 Å². The molecule has 8 heteroatoms. The number of hydrogen-bond donors (Lipinski definition) is 1. The summed E-state index contributed by atoms with van der Waals surface area (Å²) in [6.45, 7) is 2.49. The first kappa shape index (κ1) is 14.7. The summed E-state index contributed by atoms with van der Waals surface area (Å²) >= 11 is 0. The van der Waals surface area contributed by atoms with E-state index in [-0.39, 0.29) is 24.9 Å². The maximum atomic E-state index is 12.4. The molecule has 8 nitrogen and oxygen atoms in total. The molecule has 1 amide bonds. The number of aliphatic hydroxyl groups is 1. The van der Waals surface area contributed by atoms with Crippen LogP contribution in [0.4, 0.5) is 0 Å². The molecule has 118 valence electrons. The smallest absolute Gasteiger partial charge is 0.292 e. The van der Waals surface area contributed by atoms with E-state index in [4.69, 9.17) is 14.4 Å². The molecular formula is C14H18N4O4. The van der Waals surface area contributed by atoms with Crippen molar-refractivity contribution in [2.24, 2.45) is 0 Å². The Labute approximate surface area is 127 Å². The monoisotopic (exact) mass is 306 g/mol. The lowest BCUT2D eigenvalue weighted by Gasteiger charge is -2.19. The number of rotatable bonds is 5. The number of aryl methyl sites for hydroxylation is 1. The molecular weight excluding hydrogens is 288 g/mol. The summed E-state index contributed by atoms with van der Waals surface area (Å²) in [6.07, 6.45) is 4.08. The Kier molecular flexibility index (Phi) is 4.50. The van der Waals surface area contributed by atoms with E-state index in [0.717, 1.165) is 24.4 Å². The summed E-state index contributed by atoms with van der Waals surface area (Å²) < 4.78 is 12.3. The van der Waals surface area contributed by atoms with Gasteiger partial charge in [-0.3, -0.25) is 4.79 Å². The number of imidazole rings is 1. The lowest BCUT2D eigenvalue weighted by Crippen LogP contribution is -2.30. The first-order valence-corrected chi connectivity index (χ1v) is 7.21. The van der Waals surface area contributed by atoms with Crippen LogP contribution in [0.3, 0.4) is 0 Å². The predicted molar refractivity (Wildman–Crippen MR) is 74.8 cm³/mol. The Bertz CT molecular complexity index is 623. The van der Waals surface area contributed by atoms with E-state index in [1.165, 1.54) is 6.20 Å². The molecule has 0 saturated heterocycles. The average molecular weight is 306 g/mol. The van der Waals surface area contributed by atoms with Crippen molar-refractivity contribution in [3.8, 4) is 0 Å². The number of carbonyl (C=O) groups is 1. The van der Waals surface area contributed by atoms with Crippen LogP contribution >= 0.6 is 0 Å². The zero-order chi connectivity index (χ0) is 15.4. The van der Waals surface area contributed by atoms with Gasteiger partial charge in [0.25, 0.3) is 5.91 Å². The Morgan fingerprint density at radius 1 is 1.45 bits per heavy atom. The van der Waals surface area contributed by atoms with Crippen LogP contribution < -0.4 is 0 Å². The number of fused-ring (bicyclic) bond motifs is 1. The summed E-state index contributed by atoms with van der Waals surface area (Å²) in [5.41, 5.74) is 1.76. The zero-order valence-electron chi connectivity index (χ0n) is 12.1. The topological polar surface area (TPSA) is 93.6 Å². The summed E-state index contributed by atoms with van der Waals surface area (Å²) in [5.74, 6) is 0.0698. The molecule has 1 N–H and O–H groups in total. The van der Waals surface area contributed by atoms with Gasteiger partial charge in [0.05, 0.1) is 50.3 Å². The van der Waals surface area contributed by atoms with Crippen molar-refractivity contribution < 1.29 is 19.2 Å². The number of ether oxygens (including phenoxy) is 1. The van der Waals surface area contributed by atoms with Gasteiger partial charge in [-0.2, -0.15) is 0 Å². The van der Waals surface area contributed by atoms with Crippen LogP contribution in [0.25, 0.3) is 0 Å². The third kappa shape index (κ3) is 3.02. The van der Waals surface area contributed by atoms with Gasteiger partial charge in [0.2, 0.25) is 5.76 Å². The summed E-state index contributed by atoms with van der Waals surface area (Å²) in [4.78, 5) is 18.5. The summed E-state index contributed by atoms with van der Waals surface area (Å²) in [6, 6.07) is 1.57. The normalized spacial score (nSPS) is 14.7. The summed E-state index contributed by atoms with van der Waals surface area (Å²) in [7, 11) is 0. The molecule has 3 heterocycles. The number of carbonyl (C=O) groups excluding carboxylic acids is 1. The van der Waals surface area contributed by atoms with E-state index in [9.17, 15) is 4.79 Å². The van der Waals surface area contributed by atoms with Crippen LogP contribution in [0.15, 0.2) is 23.1 Å². The molecule has 0 spiro atoms. The molecule has 0 radical (unpaired) electrons. The number of aromatic nitrogens is 3. The lowest BCUT2D eigenvalue weighted by molar-refractivity contribution is 0.0693. The van der Waals surface area contributed by atoms with Gasteiger partial charge in [-0.1, -0.05) is 5.16 Å². The average Bonchev–Trinajstić information content (AvgIpc) is 3.13. The minimum absolute atomic E-state index is 0.0217. The van der Waals surface area contributed by atoms with Crippen molar-refractivity contribution in [2.45, 2.75) is 26.1 Å². The molecule has 0 atom stereocenters.